The van der Waals surface area contributed by atoms with Gasteiger partial charge in [0.1, 0.15) is 13.2 Å². The van der Waals surface area contributed by atoms with Gasteiger partial charge in [0.15, 0.2) is 6.10 Å². The predicted octanol–water partition coefficient (Wildman–Crippen LogP) is 24.2. The summed E-state index contributed by atoms with van der Waals surface area (Å²) in [5.41, 5.74) is 0. The summed E-state index contributed by atoms with van der Waals surface area (Å²) in [5.74, 6) is -1.01. The number of hydrogen-bond acceptors (Lipinski definition) is 6. The molecule has 1 atom stereocenters. The van der Waals surface area contributed by atoms with Crippen molar-refractivity contribution in [2.24, 2.45) is 0 Å². The molecular formula is C76H130O6. The lowest BCUT2D eigenvalue weighted by molar-refractivity contribution is -0.167. The smallest absolute Gasteiger partial charge is 0.306 e. The van der Waals surface area contributed by atoms with Crippen LogP contribution in [0.5, 0.6) is 0 Å². The van der Waals surface area contributed by atoms with Gasteiger partial charge in [0.2, 0.25) is 0 Å². The molecule has 0 aromatic heterocycles. The second kappa shape index (κ2) is 69.6. The van der Waals surface area contributed by atoms with Crippen molar-refractivity contribution in [2.75, 3.05) is 13.2 Å². The van der Waals surface area contributed by atoms with E-state index in [1.54, 1.807) is 0 Å². The summed E-state index contributed by atoms with van der Waals surface area (Å²) < 4.78 is 16.9. The molecule has 470 valence electrons. The second-order valence-corrected chi connectivity index (χ2v) is 23.0. The molecule has 82 heavy (non-hydrogen) atoms. The summed E-state index contributed by atoms with van der Waals surface area (Å²) >= 11 is 0. The van der Waals surface area contributed by atoms with Gasteiger partial charge >= 0.3 is 17.9 Å². The van der Waals surface area contributed by atoms with E-state index in [-0.39, 0.29) is 37.5 Å². The van der Waals surface area contributed by atoms with Gasteiger partial charge in [-0.15, -0.1) is 0 Å². The molecule has 0 rings (SSSR count). The minimum atomic E-state index is -0.827. The zero-order valence-electron chi connectivity index (χ0n) is 54.0. The lowest BCUT2D eigenvalue weighted by atomic mass is 10.0. The fourth-order valence-electron chi connectivity index (χ4n) is 9.88. The minimum absolute atomic E-state index is 0.113. The van der Waals surface area contributed by atoms with Gasteiger partial charge in [-0.05, 0) is 96.3 Å². The van der Waals surface area contributed by atoms with E-state index in [1.165, 1.54) is 186 Å². The van der Waals surface area contributed by atoms with Crippen LogP contribution in [-0.4, -0.2) is 37.2 Å². The first-order valence-electron chi connectivity index (χ1n) is 34.9. The number of hydrogen-bond donors (Lipinski definition) is 0. The average Bonchev–Trinajstić information content (AvgIpc) is 3.47. The van der Waals surface area contributed by atoms with Crippen LogP contribution in [0.25, 0.3) is 0 Å². The highest BCUT2D eigenvalue weighted by Gasteiger charge is 2.19. The van der Waals surface area contributed by atoms with Crippen LogP contribution in [-0.2, 0) is 28.6 Å². The van der Waals surface area contributed by atoms with E-state index < -0.39 is 6.10 Å². The van der Waals surface area contributed by atoms with E-state index in [2.05, 4.69) is 130 Å². The fourth-order valence-corrected chi connectivity index (χ4v) is 9.88. The van der Waals surface area contributed by atoms with Gasteiger partial charge in [0, 0.05) is 19.3 Å². The van der Waals surface area contributed by atoms with E-state index in [4.69, 9.17) is 14.2 Å². The predicted molar refractivity (Wildman–Crippen MR) is 357 cm³/mol. The minimum Gasteiger partial charge on any atom is -0.462 e. The Morgan fingerprint density at radius 3 is 0.780 bits per heavy atom. The fraction of sp³-hybridized carbons (Fsp3) is 0.724. The third kappa shape index (κ3) is 66.9. The molecule has 0 N–H and O–H groups in total. The average molecular weight is 1140 g/mol. The second-order valence-electron chi connectivity index (χ2n) is 23.0. The van der Waals surface area contributed by atoms with Gasteiger partial charge in [-0.25, -0.2) is 0 Å². The van der Waals surface area contributed by atoms with Crippen LogP contribution in [0.4, 0.5) is 0 Å². The number of unbranched alkanes of at least 4 members (excludes halogenated alkanes) is 34. The summed E-state index contributed by atoms with van der Waals surface area (Å²) in [4.78, 5) is 38.3. The highest BCUT2D eigenvalue weighted by molar-refractivity contribution is 5.71. The number of carbonyl (C=O) groups excluding carboxylic acids is 3. The van der Waals surface area contributed by atoms with Crippen molar-refractivity contribution in [2.45, 2.75) is 341 Å². The first-order chi connectivity index (χ1) is 40.5. The van der Waals surface area contributed by atoms with Gasteiger partial charge in [-0.2, -0.15) is 0 Å². The maximum atomic E-state index is 12.9. The van der Waals surface area contributed by atoms with Crippen molar-refractivity contribution in [3.8, 4) is 0 Å². The lowest BCUT2D eigenvalue weighted by Gasteiger charge is -2.18. The van der Waals surface area contributed by atoms with Crippen molar-refractivity contribution in [3.05, 3.63) is 109 Å². The quantitative estimate of drug-likeness (QED) is 0.0261. The number of ether oxygens (including phenoxy) is 3. The Morgan fingerprint density at radius 1 is 0.256 bits per heavy atom. The summed E-state index contributed by atoms with van der Waals surface area (Å²) in [6.07, 6.45) is 95.8. The van der Waals surface area contributed by atoms with Gasteiger partial charge in [0.25, 0.3) is 0 Å². The first-order valence-corrected chi connectivity index (χ1v) is 34.9. The molecule has 6 nitrogen and oxygen atoms in total. The number of rotatable bonds is 63. The van der Waals surface area contributed by atoms with Gasteiger partial charge in [-0.3, -0.25) is 14.4 Å². The molecular weight excluding hydrogens is 1010 g/mol. The Hall–Kier alpha value is -3.93. The molecule has 0 saturated carbocycles. The largest absolute Gasteiger partial charge is 0.462 e. The maximum Gasteiger partial charge on any atom is 0.306 e. The van der Waals surface area contributed by atoms with Crippen molar-refractivity contribution >= 4 is 17.9 Å². The van der Waals surface area contributed by atoms with Crippen LogP contribution >= 0.6 is 0 Å². The Bertz CT molecular complexity index is 1640. The molecule has 0 aliphatic carbocycles. The van der Waals surface area contributed by atoms with Crippen LogP contribution in [0.2, 0.25) is 0 Å². The van der Waals surface area contributed by atoms with E-state index in [9.17, 15) is 14.4 Å². The molecule has 6 heteroatoms. The molecule has 0 fully saturated rings. The Labute approximate surface area is 508 Å². The van der Waals surface area contributed by atoms with Crippen LogP contribution in [0, 0.1) is 0 Å². The summed E-state index contributed by atoms with van der Waals surface area (Å²) in [6.45, 7) is 6.36. The molecule has 0 aliphatic heterocycles. The molecule has 0 heterocycles. The number of carbonyl (C=O) groups is 3. The molecule has 0 spiro atoms. The van der Waals surface area contributed by atoms with Crippen molar-refractivity contribution in [3.63, 3.8) is 0 Å². The zero-order chi connectivity index (χ0) is 59.2. The summed E-state index contributed by atoms with van der Waals surface area (Å²) in [6, 6.07) is 0. The van der Waals surface area contributed by atoms with Crippen LogP contribution in [0.1, 0.15) is 335 Å². The maximum absolute atomic E-state index is 12.9. The lowest BCUT2D eigenvalue weighted by Crippen LogP contribution is -2.30. The molecule has 0 radical (unpaired) electrons. The number of esters is 3. The molecule has 0 aromatic carbocycles. The highest BCUT2D eigenvalue weighted by atomic mass is 16.6. The third-order valence-electron chi connectivity index (χ3n) is 15.0. The normalized spacial score (nSPS) is 12.8. The van der Waals surface area contributed by atoms with Crippen molar-refractivity contribution in [1.82, 2.24) is 0 Å². The molecule has 0 aromatic rings. The Balaban J connectivity index is 4.25. The molecule has 1 unspecified atom stereocenters. The zero-order valence-corrected chi connectivity index (χ0v) is 54.0. The first kappa shape index (κ1) is 78.1. The standard InChI is InChI=1S/C76H130O6/c1-4-7-10-13-16-19-22-25-28-30-31-32-33-34-35-36-37-38-39-40-41-42-43-44-46-48-51-54-57-60-63-66-69-75(78)81-72-73(71-80-74(77)68-65-62-59-56-53-50-47-27-24-21-18-15-12-9-6-3)82-76(79)70-67-64-61-58-55-52-49-45-29-26-23-20-17-14-11-8-5-2/h8-9,11-12,17-18,20-21,26-27,29,47,49,52-53,56,58,61,73H,4-7,10,13-16,19,22-25,28,30-46,48,50-51,54-55,57,59-60,62-72H2,1-3H3/b11-8-,12-9-,20-17-,21-18-,29-26-,47-27-,52-49-,56-53-,61-58-. The van der Waals surface area contributed by atoms with Crippen molar-refractivity contribution < 1.29 is 28.6 Å². The monoisotopic (exact) mass is 1140 g/mol. The highest BCUT2D eigenvalue weighted by Crippen LogP contribution is 2.18. The van der Waals surface area contributed by atoms with Crippen molar-refractivity contribution in [1.29, 1.82) is 0 Å². The Morgan fingerprint density at radius 2 is 0.488 bits per heavy atom. The van der Waals surface area contributed by atoms with Crippen LogP contribution in [0.3, 0.4) is 0 Å². The Kier molecular flexibility index (Phi) is 66.2. The molecule has 0 amide bonds. The molecule has 0 bridgehead atoms. The third-order valence-corrected chi connectivity index (χ3v) is 15.0. The van der Waals surface area contributed by atoms with E-state index in [0.717, 1.165) is 96.3 Å². The van der Waals surface area contributed by atoms with E-state index >= 15 is 0 Å². The van der Waals surface area contributed by atoms with Crippen LogP contribution in [0.15, 0.2) is 109 Å². The molecule has 0 aliphatic rings. The van der Waals surface area contributed by atoms with Gasteiger partial charge in [0.05, 0.1) is 0 Å². The van der Waals surface area contributed by atoms with E-state index in [1.807, 2.05) is 0 Å². The summed E-state index contributed by atoms with van der Waals surface area (Å²) in [5, 5.41) is 0. The van der Waals surface area contributed by atoms with Gasteiger partial charge < -0.3 is 14.2 Å². The SMILES string of the molecule is CC/C=C\C/C=C\C/C=C\C/C=C\C/C=C\CCCC(=O)OC(COC(=O)CCCC/C=C\C/C=C\C/C=C\C/C=C\CC)COC(=O)CCCCCCCCCCCCCCCCCCCCCCCCCCCCCCCCCC. The van der Waals surface area contributed by atoms with E-state index in [0.29, 0.717) is 25.7 Å². The summed E-state index contributed by atoms with van der Waals surface area (Å²) in [7, 11) is 0. The van der Waals surface area contributed by atoms with Crippen LogP contribution < -0.4 is 0 Å². The number of allylic oxidation sites excluding steroid dienone is 18. The topological polar surface area (TPSA) is 78.9 Å². The van der Waals surface area contributed by atoms with Gasteiger partial charge in [-0.1, -0.05) is 329 Å². The molecule has 0 saturated heterocycles.